The van der Waals surface area contributed by atoms with E-state index < -0.39 is 0 Å². The first-order chi connectivity index (χ1) is 12.5. The van der Waals surface area contributed by atoms with E-state index in [1.165, 1.54) is 6.33 Å². The number of aryl methyl sites for hydroxylation is 1. The molecule has 7 nitrogen and oxygen atoms in total. The third-order valence-electron chi connectivity index (χ3n) is 3.62. The van der Waals surface area contributed by atoms with Gasteiger partial charge in [0.25, 0.3) is 0 Å². The molecule has 2 N–H and O–H groups in total. The first kappa shape index (κ1) is 17.8. The molecule has 0 saturated heterocycles. The van der Waals surface area contributed by atoms with Crippen molar-refractivity contribution in [1.82, 2.24) is 19.9 Å². The van der Waals surface area contributed by atoms with Gasteiger partial charge in [-0.05, 0) is 31.2 Å². The van der Waals surface area contributed by atoms with E-state index in [2.05, 4.69) is 30.6 Å². The minimum absolute atomic E-state index is 0.126. The molecule has 3 aromatic rings. The zero-order valence-corrected chi connectivity index (χ0v) is 15.1. The molecule has 2 heterocycles. The number of hydrogen-bond acceptors (Lipinski definition) is 7. The van der Waals surface area contributed by atoms with E-state index in [9.17, 15) is 4.79 Å². The normalized spacial score (nSPS) is 10.4. The van der Waals surface area contributed by atoms with E-state index in [0.29, 0.717) is 33.7 Å². The van der Waals surface area contributed by atoms with Crippen LogP contribution in [0.5, 0.6) is 0 Å². The topological polar surface area (TPSA) is 92.7 Å². The second-order valence-corrected chi connectivity index (χ2v) is 6.00. The number of nitrogens with one attached hydrogen (secondary N) is 2. The summed E-state index contributed by atoms with van der Waals surface area (Å²) >= 11 is 6.21. The van der Waals surface area contributed by atoms with Crippen LogP contribution in [0.2, 0.25) is 5.02 Å². The number of benzene rings is 1. The Bertz CT molecular complexity index is 932. The predicted octanol–water partition coefficient (Wildman–Crippen LogP) is 3.44. The van der Waals surface area contributed by atoms with E-state index in [4.69, 9.17) is 11.6 Å². The van der Waals surface area contributed by atoms with Gasteiger partial charge in [0, 0.05) is 36.3 Å². The lowest BCUT2D eigenvalue weighted by Crippen LogP contribution is -2.07. The molecule has 0 saturated carbocycles. The summed E-state index contributed by atoms with van der Waals surface area (Å²) in [6.07, 6.45) is 3.16. The number of aromatic nitrogens is 4. The summed E-state index contributed by atoms with van der Waals surface area (Å²) < 4.78 is 0. The fourth-order valence-corrected chi connectivity index (χ4v) is 2.60. The van der Waals surface area contributed by atoms with Crippen LogP contribution in [0.4, 0.5) is 17.5 Å². The van der Waals surface area contributed by atoms with Crippen molar-refractivity contribution in [3.8, 4) is 0 Å². The van der Waals surface area contributed by atoms with E-state index in [0.717, 1.165) is 5.69 Å². The van der Waals surface area contributed by atoms with E-state index in [1.54, 1.807) is 37.5 Å². The van der Waals surface area contributed by atoms with Gasteiger partial charge in [-0.2, -0.15) is 4.98 Å². The van der Waals surface area contributed by atoms with Crippen molar-refractivity contribution >= 4 is 34.8 Å². The highest BCUT2D eigenvalue weighted by Gasteiger charge is 2.13. The molecule has 0 fully saturated rings. The molecule has 0 aliphatic carbocycles. The Morgan fingerprint density at radius 2 is 2.04 bits per heavy atom. The highest BCUT2D eigenvalue weighted by atomic mass is 35.5. The van der Waals surface area contributed by atoms with Crippen LogP contribution >= 0.6 is 11.6 Å². The summed E-state index contributed by atoms with van der Waals surface area (Å²) in [7, 11) is 1.79. The van der Waals surface area contributed by atoms with Gasteiger partial charge in [-0.25, -0.2) is 15.0 Å². The summed E-state index contributed by atoms with van der Waals surface area (Å²) in [4.78, 5) is 29.2. The first-order valence-electron chi connectivity index (χ1n) is 7.93. The third-order valence-corrected chi connectivity index (χ3v) is 3.95. The lowest BCUT2D eigenvalue weighted by atomic mass is 10.1. The third kappa shape index (κ3) is 4.31. The van der Waals surface area contributed by atoms with Crippen LogP contribution in [0.25, 0.3) is 0 Å². The monoisotopic (exact) mass is 368 g/mol. The minimum atomic E-state index is -0.126. The highest BCUT2D eigenvalue weighted by molar-refractivity contribution is 6.34. The number of halogens is 1. The Morgan fingerprint density at radius 1 is 1.19 bits per heavy atom. The Morgan fingerprint density at radius 3 is 2.77 bits per heavy atom. The number of nitrogens with zero attached hydrogens (tertiary/aromatic N) is 4. The molecule has 3 rings (SSSR count). The summed E-state index contributed by atoms with van der Waals surface area (Å²) in [6.45, 7) is 1.88. The number of anilines is 3. The zero-order valence-electron chi connectivity index (χ0n) is 14.3. The quantitative estimate of drug-likeness (QED) is 0.644. The standard InChI is InChI=1S/C18H17ClN6O/c1-11-7-17(20-2)25-18(23-11)24-13-3-4-15(19)14(8-13)16(26)9-12-5-6-21-10-22-12/h3-8,10H,9H2,1-2H3,(H2,20,23,24,25). The van der Waals surface area contributed by atoms with Gasteiger partial charge >= 0.3 is 0 Å². The van der Waals surface area contributed by atoms with Gasteiger partial charge < -0.3 is 10.6 Å². The van der Waals surface area contributed by atoms with Gasteiger partial charge in [0.05, 0.1) is 17.1 Å². The number of Topliss-reactive ketones (excluding diaryl/α,β-unsaturated/α-hetero) is 1. The Labute approximate surface area is 155 Å². The van der Waals surface area contributed by atoms with Crippen LogP contribution in [-0.4, -0.2) is 32.8 Å². The van der Waals surface area contributed by atoms with E-state index in [-0.39, 0.29) is 12.2 Å². The minimum Gasteiger partial charge on any atom is -0.373 e. The highest BCUT2D eigenvalue weighted by Crippen LogP contribution is 2.24. The van der Waals surface area contributed by atoms with Crippen LogP contribution in [0.3, 0.4) is 0 Å². The van der Waals surface area contributed by atoms with Gasteiger partial charge in [-0.15, -0.1) is 0 Å². The van der Waals surface area contributed by atoms with Crippen LogP contribution in [0, 0.1) is 6.92 Å². The molecule has 8 heteroatoms. The first-order valence-corrected chi connectivity index (χ1v) is 8.31. The van der Waals surface area contributed by atoms with E-state index >= 15 is 0 Å². The maximum Gasteiger partial charge on any atom is 0.229 e. The van der Waals surface area contributed by atoms with Gasteiger partial charge in [0.1, 0.15) is 12.1 Å². The van der Waals surface area contributed by atoms with Gasteiger partial charge in [-0.1, -0.05) is 11.6 Å². The SMILES string of the molecule is CNc1cc(C)nc(Nc2ccc(Cl)c(C(=O)Cc3ccncn3)c2)n1. The number of carbonyl (C=O) groups excluding carboxylic acids is 1. The fourth-order valence-electron chi connectivity index (χ4n) is 2.38. The van der Waals surface area contributed by atoms with Crippen molar-refractivity contribution in [3.05, 3.63) is 64.8 Å². The van der Waals surface area contributed by atoms with Crippen LogP contribution in [0.1, 0.15) is 21.7 Å². The van der Waals surface area contributed by atoms with Crippen molar-refractivity contribution in [2.45, 2.75) is 13.3 Å². The smallest absolute Gasteiger partial charge is 0.229 e. The van der Waals surface area contributed by atoms with Crippen LogP contribution in [-0.2, 0) is 6.42 Å². The summed E-state index contributed by atoms with van der Waals surface area (Å²) in [5.74, 6) is 1.01. The van der Waals surface area contributed by atoms with Crippen molar-refractivity contribution in [2.75, 3.05) is 17.7 Å². The Balaban J connectivity index is 1.83. The molecule has 1 aromatic carbocycles. The van der Waals surface area contributed by atoms with Crippen molar-refractivity contribution in [2.24, 2.45) is 0 Å². The summed E-state index contributed by atoms with van der Waals surface area (Å²) in [5, 5.41) is 6.47. The second-order valence-electron chi connectivity index (χ2n) is 5.59. The molecular weight excluding hydrogens is 352 g/mol. The van der Waals surface area contributed by atoms with E-state index in [1.807, 2.05) is 13.0 Å². The molecule has 0 unspecified atom stereocenters. The van der Waals surface area contributed by atoms with Gasteiger partial charge in [0.2, 0.25) is 5.95 Å². The molecule has 0 aliphatic heterocycles. The summed E-state index contributed by atoms with van der Waals surface area (Å²) in [5.41, 5.74) is 2.55. The lowest BCUT2D eigenvalue weighted by Gasteiger charge is -2.10. The Kier molecular flexibility index (Phi) is 5.38. The van der Waals surface area contributed by atoms with Crippen molar-refractivity contribution < 1.29 is 4.79 Å². The largest absolute Gasteiger partial charge is 0.373 e. The molecule has 26 heavy (non-hydrogen) atoms. The zero-order chi connectivity index (χ0) is 18.5. The Hall–Kier alpha value is -3.06. The second kappa shape index (κ2) is 7.88. The molecule has 0 bridgehead atoms. The summed E-state index contributed by atoms with van der Waals surface area (Å²) in [6, 6.07) is 8.68. The number of carbonyl (C=O) groups is 1. The number of hydrogen-bond donors (Lipinski definition) is 2. The number of rotatable bonds is 6. The average Bonchev–Trinajstić information content (AvgIpc) is 2.63. The van der Waals surface area contributed by atoms with Crippen molar-refractivity contribution in [3.63, 3.8) is 0 Å². The van der Waals surface area contributed by atoms with Gasteiger partial charge in [-0.3, -0.25) is 4.79 Å². The van der Waals surface area contributed by atoms with Crippen LogP contribution in [0.15, 0.2) is 42.9 Å². The molecule has 0 aliphatic rings. The molecular formula is C18H17ClN6O. The van der Waals surface area contributed by atoms with Crippen LogP contribution < -0.4 is 10.6 Å². The molecule has 0 amide bonds. The average molecular weight is 369 g/mol. The molecule has 132 valence electrons. The maximum atomic E-state index is 12.6. The maximum absolute atomic E-state index is 12.6. The number of ketones is 1. The van der Waals surface area contributed by atoms with Gasteiger partial charge in [0.15, 0.2) is 5.78 Å². The lowest BCUT2D eigenvalue weighted by molar-refractivity contribution is 0.0992. The molecule has 0 radical (unpaired) electrons. The molecule has 0 spiro atoms. The molecule has 2 aromatic heterocycles. The fraction of sp³-hybridized carbons (Fsp3) is 0.167. The molecule has 0 atom stereocenters. The predicted molar refractivity (Wildman–Crippen MR) is 101 cm³/mol. The van der Waals surface area contributed by atoms with Crippen molar-refractivity contribution in [1.29, 1.82) is 0 Å².